The molecule has 1 heterocycles. The molecule has 3 nitrogen and oxygen atoms in total. The molecule has 0 atom stereocenters. The number of aryl methyl sites for hydroxylation is 1. The average molecular weight is 272 g/mol. The monoisotopic (exact) mass is 271 g/mol. The zero-order valence-corrected chi connectivity index (χ0v) is 10.8. The number of nitrogens with zero attached hydrogens (tertiary/aromatic N) is 2. The van der Waals surface area contributed by atoms with Crippen LogP contribution in [0.15, 0.2) is 18.2 Å². The number of nitrogens with one attached hydrogen (secondary N) is 1. The molecule has 0 aliphatic rings. The van der Waals surface area contributed by atoms with Crippen molar-refractivity contribution in [2.45, 2.75) is 19.8 Å². The van der Waals surface area contributed by atoms with Gasteiger partial charge in [0.05, 0.1) is 5.69 Å². The summed E-state index contributed by atoms with van der Waals surface area (Å²) in [5.74, 6) is 0.311. The Kier molecular flexibility index (Phi) is 3.59. The zero-order valence-electron chi connectivity index (χ0n) is 9.20. The van der Waals surface area contributed by atoms with Gasteiger partial charge in [-0.2, -0.15) is 5.10 Å². The number of hydrogen-bond acceptors (Lipinski definition) is 2. The van der Waals surface area contributed by atoms with Gasteiger partial charge in [-0.05, 0) is 36.8 Å². The van der Waals surface area contributed by atoms with Crippen molar-refractivity contribution in [3.63, 3.8) is 0 Å². The van der Waals surface area contributed by atoms with Crippen LogP contribution >= 0.6 is 23.8 Å². The van der Waals surface area contributed by atoms with Crippen LogP contribution in [0.5, 0.6) is 0 Å². The van der Waals surface area contributed by atoms with Crippen molar-refractivity contribution in [3.05, 3.63) is 39.6 Å². The highest BCUT2D eigenvalue weighted by molar-refractivity contribution is 7.71. The minimum Gasteiger partial charge on any atom is -0.269 e. The van der Waals surface area contributed by atoms with Crippen LogP contribution in [-0.2, 0) is 6.42 Å². The number of halogens is 2. The number of hydrogen-bond donors (Lipinski definition) is 1. The van der Waals surface area contributed by atoms with Crippen molar-refractivity contribution < 1.29 is 4.39 Å². The molecule has 0 spiro atoms. The second-order valence-corrected chi connectivity index (χ2v) is 4.45. The molecule has 0 amide bonds. The lowest BCUT2D eigenvalue weighted by atomic mass is 10.2. The van der Waals surface area contributed by atoms with Gasteiger partial charge in [0.1, 0.15) is 11.6 Å². The van der Waals surface area contributed by atoms with Gasteiger partial charge in [0.15, 0.2) is 4.77 Å². The Morgan fingerprint density at radius 1 is 1.53 bits per heavy atom. The first-order valence-electron chi connectivity index (χ1n) is 5.25. The van der Waals surface area contributed by atoms with Gasteiger partial charge in [-0.15, -0.1) is 0 Å². The Hall–Kier alpha value is -1.20. The van der Waals surface area contributed by atoms with E-state index in [1.54, 1.807) is 16.7 Å². The Morgan fingerprint density at radius 2 is 2.29 bits per heavy atom. The Labute approximate surface area is 108 Å². The molecule has 1 aromatic heterocycles. The maximum Gasteiger partial charge on any atom is 0.199 e. The molecule has 0 aliphatic carbocycles. The van der Waals surface area contributed by atoms with Crippen LogP contribution < -0.4 is 0 Å². The summed E-state index contributed by atoms with van der Waals surface area (Å²) >= 11 is 10.8. The molecule has 0 saturated heterocycles. The third-order valence-electron chi connectivity index (χ3n) is 2.37. The van der Waals surface area contributed by atoms with Crippen LogP contribution in [-0.4, -0.2) is 14.8 Å². The van der Waals surface area contributed by atoms with Gasteiger partial charge in [0.2, 0.25) is 0 Å². The van der Waals surface area contributed by atoms with Crippen molar-refractivity contribution in [1.29, 1.82) is 0 Å². The van der Waals surface area contributed by atoms with Gasteiger partial charge < -0.3 is 0 Å². The number of benzene rings is 1. The van der Waals surface area contributed by atoms with E-state index in [1.807, 2.05) is 6.92 Å². The van der Waals surface area contributed by atoms with Crippen molar-refractivity contribution >= 4 is 23.8 Å². The third kappa shape index (κ3) is 2.40. The van der Waals surface area contributed by atoms with Crippen LogP contribution in [0.4, 0.5) is 4.39 Å². The molecular formula is C11H11ClFN3S. The number of H-pyrrole nitrogens is 1. The van der Waals surface area contributed by atoms with Gasteiger partial charge in [-0.3, -0.25) is 9.67 Å². The van der Waals surface area contributed by atoms with E-state index in [0.717, 1.165) is 18.7 Å². The standard InChI is InChI=1S/C11H11ClFN3S/c1-2-3-10-14-15-11(17)16(10)9-5-4-7(12)6-8(9)13/h4-6H,2-3H2,1H3,(H,15,17). The molecule has 17 heavy (non-hydrogen) atoms. The van der Waals surface area contributed by atoms with Crippen LogP contribution in [0.25, 0.3) is 5.69 Å². The fourth-order valence-electron chi connectivity index (χ4n) is 1.63. The summed E-state index contributed by atoms with van der Waals surface area (Å²) in [4.78, 5) is 0. The number of aromatic nitrogens is 3. The minimum absolute atomic E-state index is 0.360. The summed E-state index contributed by atoms with van der Waals surface area (Å²) in [5, 5.41) is 7.13. The maximum atomic E-state index is 13.8. The molecule has 0 unspecified atom stereocenters. The first kappa shape index (κ1) is 12.3. The van der Waals surface area contributed by atoms with E-state index in [1.165, 1.54) is 6.07 Å². The predicted molar refractivity (Wildman–Crippen MR) is 67.7 cm³/mol. The molecule has 6 heteroatoms. The van der Waals surface area contributed by atoms with E-state index in [4.69, 9.17) is 23.8 Å². The molecule has 0 bridgehead atoms. The average Bonchev–Trinajstić information content (AvgIpc) is 2.62. The lowest BCUT2D eigenvalue weighted by Crippen LogP contribution is -2.03. The normalized spacial score (nSPS) is 10.8. The molecule has 0 fully saturated rings. The van der Waals surface area contributed by atoms with Crippen molar-refractivity contribution in [2.24, 2.45) is 0 Å². The molecule has 1 N–H and O–H groups in total. The minimum atomic E-state index is -0.410. The molecular weight excluding hydrogens is 261 g/mol. The van der Waals surface area contributed by atoms with E-state index in [0.29, 0.717) is 15.5 Å². The van der Waals surface area contributed by atoms with Crippen molar-refractivity contribution in [3.8, 4) is 5.69 Å². The number of aromatic amines is 1. The molecule has 2 aromatic rings. The highest BCUT2D eigenvalue weighted by atomic mass is 35.5. The lowest BCUT2D eigenvalue weighted by molar-refractivity contribution is 0.613. The van der Waals surface area contributed by atoms with Gasteiger partial charge in [0.25, 0.3) is 0 Å². The van der Waals surface area contributed by atoms with E-state index in [-0.39, 0.29) is 0 Å². The molecule has 0 radical (unpaired) electrons. The SMILES string of the molecule is CCCc1n[nH]c(=S)n1-c1ccc(Cl)cc1F. The van der Waals surface area contributed by atoms with Crippen LogP contribution in [0.1, 0.15) is 19.2 Å². The summed E-state index contributed by atoms with van der Waals surface area (Å²) in [6.45, 7) is 2.03. The summed E-state index contributed by atoms with van der Waals surface area (Å²) in [6.07, 6.45) is 1.64. The van der Waals surface area contributed by atoms with E-state index in [2.05, 4.69) is 10.2 Å². The summed E-state index contributed by atoms with van der Waals surface area (Å²) in [6, 6.07) is 4.49. The van der Waals surface area contributed by atoms with Crippen molar-refractivity contribution in [1.82, 2.24) is 14.8 Å². The summed E-state index contributed by atoms with van der Waals surface area (Å²) < 4.78 is 15.8. The summed E-state index contributed by atoms with van der Waals surface area (Å²) in [7, 11) is 0. The second kappa shape index (κ2) is 4.98. The smallest absolute Gasteiger partial charge is 0.199 e. The number of rotatable bonds is 3. The Bertz CT molecular complexity index is 591. The molecule has 0 saturated carbocycles. The Morgan fingerprint density at radius 3 is 2.94 bits per heavy atom. The fourth-order valence-corrected chi connectivity index (χ4v) is 2.04. The fraction of sp³-hybridized carbons (Fsp3) is 0.273. The maximum absolute atomic E-state index is 13.8. The van der Waals surface area contributed by atoms with Gasteiger partial charge in [-0.1, -0.05) is 18.5 Å². The highest BCUT2D eigenvalue weighted by Gasteiger charge is 2.11. The molecule has 2 rings (SSSR count). The quantitative estimate of drug-likeness (QED) is 0.864. The van der Waals surface area contributed by atoms with Gasteiger partial charge >= 0.3 is 0 Å². The molecule has 1 aromatic carbocycles. The van der Waals surface area contributed by atoms with Crippen molar-refractivity contribution in [2.75, 3.05) is 0 Å². The second-order valence-electron chi connectivity index (χ2n) is 3.63. The van der Waals surface area contributed by atoms with E-state index in [9.17, 15) is 4.39 Å². The first-order valence-corrected chi connectivity index (χ1v) is 6.04. The predicted octanol–water partition coefficient (Wildman–Crippen LogP) is 3.67. The lowest BCUT2D eigenvalue weighted by Gasteiger charge is -2.07. The van der Waals surface area contributed by atoms with Gasteiger partial charge in [-0.25, -0.2) is 4.39 Å². The Balaban J connectivity index is 2.59. The third-order valence-corrected chi connectivity index (χ3v) is 2.88. The van der Waals surface area contributed by atoms with E-state index >= 15 is 0 Å². The zero-order chi connectivity index (χ0) is 12.4. The van der Waals surface area contributed by atoms with E-state index < -0.39 is 5.82 Å². The van der Waals surface area contributed by atoms with Crippen LogP contribution in [0, 0.1) is 10.6 Å². The van der Waals surface area contributed by atoms with Crippen LogP contribution in [0.2, 0.25) is 5.02 Å². The molecule has 90 valence electrons. The summed E-state index contributed by atoms with van der Waals surface area (Å²) in [5.41, 5.74) is 0.372. The first-order chi connectivity index (χ1) is 8.13. The van der Waals surface area contributed by atoms with Gasteiger partial charge in [0, 0.05) is 11.4 Å². The topological polar surface area (TPSA) is 33.6 Å². The van der Waals surface area contributed by atoms with Crippen LogP contribution in [0.3, 0.4) is 0 Å². The highest BCUT2D eigenvalue weighted by Crippen LogP contribution is 2.20. The largest absolute Gasteiger partial charge is 0.269 e. The molecule has 0 aliphatic heterocycles.